The highest BCUT2D eigenvalue weighted by Crippen LogP contribution is 2.22. The van der Waals surface area contributed by atoms with Gasteiger partial charge in [-0.2, -0.15) is 0 Å². The standard InChI is InChI=1S/C13H22ClN5/c14-12-10-16-11-17-13(12)19-8-6-18(7-9-19)5-3-1-2-4-15/h10-11H,1-9,15H2. The van der Waals surface area contributed by atoms with Gasteiger partial charge in [0.05, 0.1) is 6.20 Å². The highest BCUT2D eigenvalue weighted by Gasteiger charge is 2.19. The number of halogens is 1. The number of nitrogens with zero attached hydrogens (tertiary/aromatic N) is 4. The molecule has 1 aromatic heterocycles. The molecule has 0 radical (unpaired) electrons. The molecule has 0 aliphatic carbocycles. The van der Waals surface area contributed by atoms with Crippen molar-refractivity contribution in [3.05, 3.63) is 17.5 Å². The largest absolute Gasteiger partial charge is 0.353 e. The third-order valence-corrected chi connectivity index (χ3v) is 3.77. The van der Waals surface area contributed by atoms with Gasteiger partial charge in [0.15, 0.2) is 5.82 Å². The zero-order valence-corrected chi connectivity index (χ0v) is 12.0. The van der Waals surface area contributed by atoms with Gasteiger partial charge in [-0.25, -0.2) is 9.97 Å². The van der Waals surface area contributed by atoms with Crippen molar-refractivity contribution in [3.8, 4) is 0 Å². The van der Waals surface area contributed by atoms with Gasteiger partial charge in [-0.05, 0) is 25.9 Å². The van der Waals surface area contributed by atoms with Crippen molar-refractivity contribution in [1.29, 1.82) is 0 Å². The summed E-state index contributed by atoms with van der Waals surface area (Å²) in [5.41, 5.74) is 5.50. The Morgan fingerprint density at radius 3 is 2.63 bits per heavy atom. The molecular weight excluding hydrogens is 262 g/mol. The number of anilines is 1. The summed E-state index contributed by atoms with van der Waals surface area (Å²) in [7, 11) is 0. The maximum absolute atomic E-state index is 6.12. The zero-order chi connectivity index (χ0) is 13.5. The van der Waals surface area contributed by atoms with E-state index >= 15 is 0 Å². The molecule has 19 heavy (non-hydrogen) atoms. The monoisotopic (exact) mass is 283 g/mol. The van der Waals surface area contributed by atoms with Crippen LogP contribution in [-0.4, -0.2) is 54.1 Å². The van der Waals surface area contributed by atoms with Crippen molar-refractivity contribution in [3.63, 3.8) is 0 Å². The number of unbranched alkanes of at least 4 members (excludes halogenated alkanes) is 2. The normalized spacial score (nSPS) is 16.8. The van der Waals surface area contributed by atoms with Gasteiger partial charge in [0.1, 0.15) is 11.3 Å². The summed E-state index contributed by atoms with van der Waals surface area (Å²) in [5, 5.41) is 0.638. The van der Waals surface area contributed by atoms with Gasteiger partial charge in [-0.1, -0.05) is 18.0 Å². The summed E-state index contributed by atoms with van der Waals surface area (Å²) in [4.78, 5) is 12.9. The van der Waals surface area contributed by atoms with Crippen molar-refractivity contribution in [2.45, 2.75) is 19.3 Å². The van der Waals surface area contributed by atoms with Crippen molar-refractivity contribution < 1.29 is 0 Å². The smallest absolute Gasteiger partial charge is 0.150 e. The Morgan fingerprint density at radius 1 is 1.16 bits per heavy atom. The van der Waals surface area contributed by atoms with E-state index in [1.807, 2.05) is 0 Å². The van der Waals surface area contributed by atoms with Crippen LogP contribution < -0.4 is 10.6 Å². The van der Waals surface area contributed by atoms with Gasteiger partial charge in [-0.3, -0.25) is 4.90 Å². The van der Waals surface area contributed by atoms with Crippen LogP contribution in [0, 0.1) is 0 Å². The first-order chi connectivity index (χ1) is 9.31. The van der Waals surface area contributed by atoms with Crippen molar-refractivity contribution in [2.24, 2.45) is 5.73 Å². The molecule has 1 saturated heterocycles. The van der Waals surface area contributed by atoms with Crippen LogP contribution in [0.3, 0.4) is 0 Å². The first-order valence-corrected chi connectivity index (χ1v) is 7.32. The minimum atomic E-state index is 0.638. The molecule has 2 heterocycles. The lowest BCUT2D eigenvalue weighted by molar-refractivity contribution is 0.252. The maximum atomic E-state index is 6.12. The van der Waals surface area contributed by atoms with E-state index in [-0.39, 0.29) is 0 Å². The SMILES string of the molecule is NCCCCCN1CCN(c2ncncc2Cl)CC1. The Balaban J connectivity index is 1.75. The molecule has 2 rings (SSSR count). The molecule has 0 saturated carbocycles. The van der Waals surface area contributed by atoms with Crippen molar-refractivity contribution in [1.82, 2.24) is 14.9 Å². The molecule has 0 atom stereocenters. The van der Waals surface area contributed by atoms with Gasteiger partial charge in [0.2, 0.25) is 0 Å². The fourth-order valence-corrected chi connectivity index (χ4v) is 2.60. The van der Waals surface area contributed by atoms with E-state index in [0.29, 0.717) is 5.02 Å². The van der Waals surface area contributed by atoms with E-state index in [4.69, 9.17) is 17.3 Å². The highest BCUT2D eigenvalue weighted by atomic mass is 35.5. The summed E-state index contributed by atoms with van der Waals surface area (Å²) in [5.74, 6) is 0.861. The Morgan fingerprint density at radius 2 is 1.95 bits per heavy atom. The average molecular weight is 284 g/mol. The number of aromatic nitrogens is 2. The third kappa shape index (κ3) is 4.30. The minimum absolute atomic E-state index is 0.638. The second kappa shape index (κ2) is 7.62. The van der Waals surface area contributed by atoms with Crippen LogP contribution in [0.2, 0.25) is 5.02 Å². The molecule has 0 bridgehead atoms. The second-order valence-corrected chi connectivity index (χ2v) is 5.28. The Labute approximate surface area is 119 Å². The van der Waals surface area contributed by atoms with E-state index < -0.39 is 0 Å². The molecule has 6 heteroatoms. The van der Waals surface area contributed by atoms with E-state index in [2.05, 4.69) is 19.8 Å². The zero-order valence-electron chi connectivity index (χ0n) is 11.3. The predicted molar refractivity (Wildman–Crippen MR) is 78.6 cm³/mol. The van der Waals surface area contributed by atoms with Gasteiger partial charge in [0.25, 0.3) is 0 Å². The molecule has 1 aliphatic rings. The van der Waals surface area contributed by atoms with Gasteiger partial charge >= 0.3 is 0 Å². The number of rotatable bonds is 6. The lowest BCUT2D eigenvalue weighted by Gasteiger charge is -2.35. The molecule has 0 amide bonds. The summed E-state index contributed by atoms with van der Waals surface area (Å²) in [6.45, 7) is 6.08. The average Bonchev–Trinajstić information content (AvgIpc) is 2.45. The fourth-order valence-electron chi connectivity index (χ4n) is 2.38. The molecule has 5 nitrogen and oxygen atoms in total. The highest BCUT2D eigenvalue weighted by molar-refractivity contribution is 6.32. The summed E-state index contributed by atoms with van der Waals surface area (Å²) in [6, 6.07) is 0. The summed E-state index contributed by atoms with van der Waals surface area (Å²) >= 11 is 6.12. The number of piperazine rings is 1. The van der Waals surface area contributed by atoms with Crippen LogP contribution in [0.5, 0.6) is 0 Å². The Hall–Kier alpha value is -0.910. The maximum Gasteiger partial charge on any atom is 0.150 e. The van der Waals surface area contributed by atoms with Crippen LogP contribution in [0.1, 0.15) is 19.3 Å². The lowest BCUT2D eigenvalue weighted by atomic mass is 10.2. The molecule has 2 N–H and O–H groups in total. The van der Waals surface area contributed by atoms with Crippen LogP contribution in [-0.2, 0) is 0 Å². The molecule has 1 fully saturated rings. The summed E-state index contributed by atoms with van der Waals surface area (Å²) < 4.78 is 0. The van der Waals surface area contributed by atoms with E-state index in [0.717, 1.165) is 45.0 Å². The predicted octanol–water partition coefficient (Wildman–Crippen LogP) is 1.38. The molecular formula is C13H22ClN5. The van der Waals surface area contributed by atoms with Crippen LogP contribution in [0.25, 0.3) is 0 Å². The Kier molecular flexibility index (Phi) is 5.82. The summed E-state index contributed by atoms with van der Waals surface area (Å²) in [6.07, 6.45) is 6.82. The lowest BCUT2D eigenvalue weighted by Crippen LogP contribution is -2.47. The van der Waals surface area contributed by atoms with Crippen LogP contribution >= 0.6 is 11.6 Å². The number of nitrogens with two attached hydrogens (primary N) is 1. The fraction of sp³-hybridized carbons (Fsp3) is 0.692. The molecule has 106 valence electrons. The first-order valence-electron chi connectivity index (χ1n) is 6.94. The van der Waals surface area contributed by atoms with E-state index in [9.17, 15) is 0 Å². The molecule has 1 aromatic rings. The number of hydrogen-bond donors (Lipinski definition) is 1. The Bertz CT molecular complexity index is 379. The van der Waals surface area contributed by atoms with E-state index in [1.54, 1.807) is 12.5 Å². The van der Waals surface area contributed by atoms with Gasteiger partial charge < -0.3 is 10.6 Å². The van der Waals surface area contributed by atoms with E-state index in [1.165, 1.54) is 19.4 Å². The molecule has 1 aliphatic heterocycles. The molecule has 0 aromatic carbocycles. The second-order valence-electron chi connectivity index (χ2n) is 4.87. The van der Waals surface area contributed by atoms with Crippen LogP contribution in [0.15, 0.2) is 12.5 Å². The number of hydrogen-bond acceptors (Lipinski definition) is 5. The van der Waals surface area contributed by atoms with Gasteiger partial charge in [0, 0.05) is 26.2 Å². The van der Waals surface area contributed by atoms with Crippen LogP contribution in [0.4, 0.5) is 5.82 Å². The quantitative estimate of drug-likeness (QED) is 0.800. The topological polar surface area (TPSA) is 58.3 Å². The van der Waals surface area contributed by atoms with Gasteiger partial charge in [-0.15, -0.1) is 0 Å². The minimum Gasteiger partial charge on any atom is -0.353 e. The first kappa shape index (κ1) is 14.5. The molecule has 0 unspecified atom stereocenters. The van der Waals surface area contributed by atoms with Crippen molar-refractivity contribution >= 4 is 17.4 Å². The van der Waals surface area contributed by atoms with Crippen molar-refractivity contribution in [2.75, 3.05) is 44.2 Å². The third-order valence-electron chi connectivity index (χ3n) is 3.50. The molecule has 0 spiro atoms.